The summed E-state index contributed by atoms with van der Waals surface area (Å²) in [4.78, 5) is 21.4. The second-order valence-corrected chi connectivity index (χ2v) is 2.92. The average molecular weight is 171 g/mol. The molecule has 1 atom stereocenters. The van der Waals surface area contributed by atoms with Gasteiger partial charge >= 0.3 is 5.97 Å². The highest BCUT2D eigenvalue weighted by Gasteiger charge is 2.34. The van der Waals surface area contributed by atoms with Crippen LogP contribution >= 0.6 is 0 Å². The van der Waals surface area contributed by atoms with Gasteiger partial charge in [-0.25, -0.2) is 0 Å². The monoisotopic (exact) mass is 171 g/mol. The lowest BCUT2D eigenvalue weighted by Gasteiger charge is -2.00. The Morgan fingerprint density at radius 1 is 1.67 bits per heavy atom. The molecule has 1 saturated carbocycles. The quantitative estimate of drug-likeness (QED) is 0.584. The van der Waals surface area contributed by atoms with Crippen LogP contribution in [-0.4, -0.2) is 24.9 Å². The molecule has 1 unspecified atom stereocenters. The highest BCUT2D eigenvalue weighted by Crippen LogP contribution is 2.28. The van der Waals surface area contributed by atoms with Gasteiger partial charge in [0.25, 0.3) is 0 Å². The number of nitrogens with two attached hydrogens (primary N) is 1. The fourth-order valence-electron chi connectivity index (χ4n) is 0.984. The Kier molecular flexibility index (Phi) is 3.22. The molecule has 0 radical (unpaired) electrons. The van der Waals surface area contributed by atoms with E-state index in [0.29, 0.717) is 25.8 Å². The molecule has 0 aromatic heterocycles. The van der Waals surface area contributed by atoms with Crippen LogP contribution < -0.4 is 5.73 Å². The van der Waals surface area contributed by atoms with Gasteiger partial charge in [-0.3, -0.25) is 9.59 Å². The van der Waals surface area contributed by atoms with Crippen molar-refractivity contribution in [1.82, 2.24) is 0 Å². The molecule has 68 valence electrons. The normalized spacial score (nSPS) is 20.8. The van der Waals surface area contributed by atoms with E-state index < -0.39 is 0 Å². The summed E-state index contributed by atoms with van der Waals surface area (Å²) in [6.45, 7) is 0.631. The van der Waals surface area contributed by atoms with Gasteiger partial charge < -0.3 is 10.5 Å². The molecule has 0 aliphatic heterocycles. The maximum Gasteiger partial charge on any atom is 0.305 e. The Labute approximate surface area is 71.1 Å². The molecule has 0 spiro atoms. The summed E-state index contributed by atoms with van der Waals surface area (Å²) in [5.74, 6) is 0.150. The molecular weight excluding hydrogens is 158 g/mol. The zero-order chi connectivity index (χ0) is 8.97. The van der Waals surface area contributed by atoms with E-state index in [1.807, 2.05) is 0 Å². The summed E-state index contributed by atoms with van der Waals surface area (Å²) in [7, 11) is 0. The highest BCUT2D eigenvalue weighted by molar-refractivity contribution is 5.96. The SMILES string of the molecule is NCCOC(=O)CCC1CC1=O. The van der Waals surface area contributed by atoms with Crippen molar-refractivity contribution in [3.8, 4) is 0 Å². The smallest absolute Gasteiger partial charge is 0.305 e. The molecule has 4 heteroatoms. The van der Waals surface area contributed by atoms with Crippen LogP contribution in [0.4, 0.5) is 0 Å². The molecule has 0 aromatic rings. The summed E-state index contributed by atoms with van der Waals surface area (Å²) in [6.07, 6.45) is 1.63. The van der Waals surface area contributed by atoms with E-state index in [-0.39, 0.29) is 24.3 Å². The summed E-state index contributed by atoms with van der Waals surface area (Å²) in [6, 6.07) is 0. The Balaban J connectivity index is 1.98. The molecular formula is C8H13NO3. The largest absolute Gasteiger partial charge is 0.464 e. The Morgan fingerprint density at radius 3 is 2.83 bits per heavy atom. The minimum absolute atomic E-state index is 0.135. The predicted molar refractivity (Wildman–Crippen MR) is 42.4 cm³/mol. The van der Waals surface area contributed by atoms with Crippen LogP contribution in [-0.2, 0) is 14.3 Å². The van der Waals surface area contributed by atoms with Gasteiger partial charge in [0.2, 0.25) is 0 Å². The minimum atomic E-state index is -0.250. The van der Waals surface area contributed by atoms with Crippen LogP contribution in [0.15, 0.2) is 0 Å². The van der Waals surface area contributed by atoms with Crippen molar-refractivity contribution >= 4 is 11.8 Å². The third-order valence-electron chi connectivity index (χ3n) is 1.82. The Hall–Kier alpha value is -0.900. The van der Waals surface area contributed by atoms with E-state index in [4.69, 9.17) is 10.5 Å². The molecule has 1 aliphatic carbocycles. The summed E-state index contributed by atoms with van der Waals surface area (Å²) >= 11 is 0. The summed E-state index contributed by atoms with van der Waals surface area (Å²) in [5.41, 5.74) is 5.14. The van der Waals surface area contributed by atoms with E-state index >= 15 is 0 Å². The number of carbonyl (C=O) groups excluding carboxylic acids is 2. The standard InChI is InChI=1S/C8H13NO3/c9-3-4-12-8(11)2-1-6-5-7(6)10/h6H,1-5,9H2. The molecule has 4 nitrogen and oxygen atoms in total. The van der Waals surface area contributed by atoms with Crippen molar-refractivity contribution in [1.29, 1.82) is 0 Å². The van der Waals surface area contributed by atoms with E-state index in [1.54, 1.807) is 0 Å². The fourth-order valence-corrected chi connectivity index (χ4v) is 0.984. The Bertz CT molecular complexity index is 191. The third-order valence-corrected chi connectivity index (χ3v) is 1.82. The number of Topliss-reactive ketones (excluding diaryl/α,β-unsaturated/α-hetero) is 1. The molecule has 0 saturated heterocycles. The number of rotatable bonds is 5. The molecule has 0 aromatic carbocycles. The molecule has 1 aliphatic rings. The van der Waals surface area contributed by atoms with Gasteiger partial charge in [0.15, 0.2) is 0 Å². The van der Waals surface area contributed by atoms with Crippen molar-refractivity contribution in [3.63, 3.8) is 0 Å². The van der Waals surface area contributed by atoms with Gasteiger partial charge in [-0.1, -0.05) is 0 Å². The lowest BCUT2D eigenvalue weighted by atomic mass is 10.2. The van der Waals surface area contributed by atoms with Crippen LogP contribution in [0.1, 0.15) is 19.3 Å². The van der Waals surface area contributed by atoms with E-state index in [9.17, 15) is 9.59 Å². The van der Waals surface area contributed by atoms with Crippen LogP contribution in [0.25, 0.3) is 0 Å². The lowest BCUT2D eigenvalue weighted by Crippen LogP contribution is -2.13. The number of hydrogen-bond acceptors (Lipinski definition) is 4. The minimum Gasteiger partial charge on any atom is -0.464 e. The zero-order valence-corrected chi connectivity index (χ0v) is 6.91. The van der Waals surface area contributed by atoms with Gasteiger partial charge in [0.1, 0.15) is 12.4 Å². The zero-order valence-electron chi connectivity index (χ0n) is 6.91. The molecule has 0 heterocycles. The van der Waals surface area contributed by atoms with Crippen molar-refractivity contribution in [3.05, 3.63) is 0 Å². The van der Waals surface area contributed by atoms with E-state index in [1.165, 1.54) is 0 Å². The molecule has 0 bridgehead atoms. The van der Waals surface area contributed by atoms with Gasteiger partial charge in [-0.05, 0) is 6.42 Å². The first-order valence-electron chi connectivity index (χ1n) is 4.12. The van der Waals surface area contributed by atoms with Gasteiger partial charge in [-0.2, -0.15) is 0 Å². The second kappa shape index (κ2) is 4.21. The first kappa shape index (κ1) is 9.19. The summed E-state index contributed by atoms with van der Waals surface area (Å²) in [5, 5.41) is 0. The van der Waals surface area contributed by atoms with E-state index in [0.717, 1.165) is 0 Å². The fraction of sp³-hybridized carbons (Fsp3) is 0.750. The highest BCUT2D eigenvalue weighted by atomic mass is 16.5. The maximum absolute atomic E-state index is 10.9. The number of ketones is 1. The van der Waals surface area contributed by atoms with Gasteiger partial charge in [0.05, 0.1) is 0 Å². The van der Waals surface area contributed by atoms with Crippen molar-refractivity contribution in [2.24, 2.45) is 11.7 Å². The third kappa shape index (κ3) is 3.00. The van der Waals surface area contributed by atoms with Crippen LogP contribution in [0.3, 0.4) is 0 Å². The van der Waals surface area contributed by atoms with Crippen LogP contribution in [0, 0.1) is 5.92 Å². The maximum atomic E-state index is 10.9. The molecule has 1 fully saturated rings. The number of ether oxygens (including phenoxy) is 1. The first-order chi connectivity index (χ1) is 5.74. The number of carbonyl (C=O) groups is 2. The second-order valence-electron chi connectivity index (χ2n) is 2.92. The lowest BCUT2D eigenvalue weighted by molar-refractivity contribution is -0.143. The summed E-state index contributed by atoms with van der Waals surface area (Å²) < 4.78 is 4.73. The number of hydrogen-bond donors (Lipinski definition) is 1. The van der Waals surface area contributed by atoms with Crippen LogP contribution in [0.5, 0.6) is 0 Å². The Morgan fingerprint density at radius 2 is 2.33 bits per heavy atom. The molecule has 12 heavy (non-hydrogen) atoms. The van der Waals surface area contributed by atoms with Crippen molar-refractivity contribution in [2.45, 2.75) is 19.3 Å². The van der Waals surface area contributed by atoms with Crippen molar-refractivity contribution in [2.75, 3.05) is 13.2 Å². The first-order valence-corrected chi connectivity index (χ1v) is 4.12. The predicted octanol–water partition coefficient (Wildman–Crippen LogP) is -0.143. The molecule has 1 rings (SSSR count). The molecule has 0 amide bonds. The van der Waals surface area contributed by atoms with Crippen LogP contribution in [0.2, 0.25) is 0 Å². The molecule has 2 N–H and O–H groups in total. The average Bonchev–Trinajstić information content (AvgIpc) is 2.75. The van der Waals surface area contributed by atoms with Gasteiger partial charge in [0, 0.05) is 25.3 Å². The van der Waals surface area contributed by atoms with E-state index in [2.05, 4.69) is 0 Å². The topological polar surface area (TPSA) is 69.4 Å². The van der Waals surface area contributed by atoms with Gasteiger partial charge in [-0.15, -0.1) is 0 Å². The van der Waals surface area contributed by atoms with Crippen molar-refractivity contribution < 1.29 is 14.3 Å². The number of esters is 1.